The van der Waals surface area contributed by atoms with E-state index in [-0.39, 0.29) is 60.6 Å². The molecule has 9 nitrogen and oxygen atoms in total. The Morgan fingerprint density at radius 1 is 1.21 bits per heavy atom. The summed E-state index contributed by atoms with van der Waals surface area (Å²) < 4.78 is 35.2. The lowest BCUT2D eigenvalue weighted by atomic mass is 10.0. The van der Waals surface area contributed by atoms with Crippen LogP contribution in [0.1, 0.15) is 46.7 Å². The highest BCUT2D eigenvalue weighted by Crippen LogP contribution is 2.40. The summed E-state index contributed by atoms with van der Waals surface area (Å²) in [6.45, 7) is 1.62. The predicted octanol–water partition coefficient (Wildman–Crippen LogP) is 3.66. The number of likely N-dealkylation sites (N-methyl/N-ethyl adjacent to an activating group) is 1. The molecule has 3 aromatic rings. The van der Waals surface area contributed by atoms with Gasteiger partial charge in [0.25, 0.3) is 5.91 Å². The number of nitrogens with zero attached hydrogens (tertiary/aromatic N) is 3. The Kier molecular flexibility index (Phi) is 8.16. The Morgan fingerprint density at radius 3 is 2.66 bits per heavy atom. The van der Waals surface area contributed by atoms with Crippen LogP contribution < -0.4 is 15.8 Å². The number of nitrogen functional groups attached to an aromatic ring is 1. The molecule has 1 aliphatic rings. The van der Waals surface area contributed by atoms with Crippen LogP contribution in [0.5, 0.6) is 5.75 Å². The summed E-state index contributed by atoms with van der Waals surface area (Å²) in [4.78, 5) is 34.3. The Morgan fingerprint density at radius 2 is 1.97 bits per heavy atom. The highest BCUT2D eigenvalue weighted by Gasteiger charge is 2.25. The molecule has 0 saturated heterocycles. The molecule has 0 unspecified atom stereocenters. The molecule has 11 heteroatoms. The van der Waals surface area contributed by atoms with Gasteiger partial charge in [0, 0.05) is 24.7 Å². The second-order valence-electron chi connectivity index (χ2n) is 9.17. The average molecular weight is 526 g/mol. The molecule has 0 radical (unpaired) electrons. The van der Waals surface area contributed by atoms with E-state index < -0.39 is 17.5 Å². The summed E-state index contributed by atoms with van der Waals surface area (Å²) in [5.41, 5.74) is 7.81. The zero-order chi connectivity index (χ0) is 27.4. The Bertz CT molecular complexity index is 1360. The van der Waals surface area contributed by atoms with E-state index in [1.807, 2.05) is 0 Å². The summed E-state index contributed by atoms with van der Waals surface area (Å²) in [7, 11) is 1.57. The van der Waals surface area contributed by atoms with Gasteiger partial charge in [-0.15, -0.1) is 0 Å². The number of ether oxygens (including phenoxy) is 1. The lowest BCUT2D eigenvalue weighted by Crippen LogP contribution is -2.31. The van der Waals surface area contributed by atoms with Crippen LogP contribution in [0, 0.1) is 18.6 Å². The number of amides is 2. The Balaban J connectivity index is 1.57. The fraction of sp³-hybridized carbons (Fsp3) is 0.333. The van der Waals surface area contributed by atoms with E-state index in [0.717, 1.165) is 24.5 Å². The number of carbonyl (C=O) groups excluding carboxylic acids is 2. The molecule has 1 fully saturated rings. The molecule has 1 aliphatic carbocycles. The van der Waals surface area contributed by atoms with E-state index in [1.54, 1.807) is 20.0 Å². The number of hydrogen-bond acceptors (Lipinski definition) is 7. The van der Waals surface area contributed by atoms with Crippen LogP contribution in [-0.4, -0.2) is 58.6 Å². The van der Waals surface area contributed by atoms with Crippen LogP contribution in [0.3, 0.4) is 0 Å². The molecule has 0 atom stereocenters. The first-order chi connectivity index (χ1) is 18.2. The monoisotopic (exact) mass is 525 g/mol. The second kappa shape index (κ2) is 11.5. The molecule has 0 aliphatic heterocycles. The Hall–Kier alpha value is -4.12. The molecule has 2 aromatic carbocycles. The maximum Gasteiger partial charge on any atom is 0.258 e. The van der Waals surface area contributed by atoms with Crippen LogP contribution in [0.4, 0.5) is 20.3 Å². The minimum absolute atomic E-state index is 0.00593. The number of benzene rings is 2. The minimum atomic E-state index is -0.709. The van der Waals surface area contributed by atoms with Gasteiger partial charge >= 0.3 is 0 Å². The van der Waals surface area contributed by atoms with Gasteiger partial charge in [0.2, 0.25) is 5.91 Å². The first-order valence-corrected chi connectivity index (χ1v) is 12.2. The van der Waals surface area contributed by atoms with E-state index in [9.17, 15) is 18.4 Å². The maximum atomic E-state index is 14.7. The van der Waals surface area contributed by atoms with Gasteiger partial charge in [-0.3, -0.25) is 9.59 Å². The van der Waals surface area contributed by atoms with Crippen molar-refractivity contribution < 1.29 is 28.2 Å². The molecule has 0 spiro atoms. The third-order valence-electron chi connectivity index (χ3n) is 6.42. The zero-order valence-electron chi connectivity index (χ0n) is 21.1. The summed E-state index contributed by atoms with van der Waals surface area (Å²) in [5, 5.41) is 11.5. The SMILES string of the molecule is Cc1c(NC(=O)c2ccc(C3CC3)cc2F)cc(F)cc1-c1ncnc(N)c1OCCN(C)C(=O)CCO. The molecular weight excluding hydrogens is 496 g/mol. The molecule has 1 saturated carbocycles. The van der Waals surface area contributed by atoms with Crippen molar-refractivity contribution in [2.75, 3.05) is 37.9 Å². The summed E-state index contributed by atoms with van der Waals surface area (Å²) >= 11 is 0. The van der Waals surface area contributed by atoms with Crippen molar-refractivity contribution in [3.63, 3.8) is 0 Å². The second-order valence-corrected chi connectivity index (χ2v) is 9.17. The van der Waals surface area contributed by atoms with Crippen molar-refractivity contribution in [1.82, 2.24) is 14.9 Å². The van der Waals surface area contributed by atoms with E-state index in [1.165, 1.54) is 29.4 Å². The standard InChI is InChI=1S/C27H29F2N5O4/c1-15-20(24-25(26(30)32-14-31-24)38-10-8-34(2)23(36)7-9-35)12-18(28)13-22(15)33-27(37)19-6-5-17(11-21(19)29)16-3-4-16/h5-6,11-14,16,35H,3-4,7-10H2,1-2H3,(H,33,37)(H2,30,31,32). The molecular formula is C27H29F2N5O4. The number of aliphatic hydroxyl groups excluding tert-OH is 1. The lowest BCUT2D eigenvalue weighted by molar-refractivity contribution is -0.130. The fourth-order valence-corrected chi connectivity index (χ4v) is 4.05. The number of rotatable bonds is 10. The number of nitrogens with one attached hydrogen (secondary N) is 1. The van der Waals surface area contributed by atoms with E-state index in [2.05, 4.69) is 15.3 Å². The summed E-state index contributed by atoms with van der Waals surface area (Å²) in [5.74, 6) is -1.83. The number of anilines is 2. The molecule has 0 bridgehead atoms. The molecule has 4 rings (SSSR count). The van der Waals surface area contributed by atoms with E-state index in [0.29, 0.717) is 17.0 Å². The van der Waals surface area contributed by atoms with Gasteiger partial charge in [-0.1, -0.05) is 6.07 Å². The third kappa shape index (κ3) is 6.05. The third-order valence-corrected chi connectivity index (χ3v) is 6.42. The van der Waals surface area contributed by atoms with E-state index >= 15 is 0 Å². The van der Waals surface area contributed by atoms with Gasteiger partial charge < -0.3 is 25.8 Å². The molecule has 2 amide bonds. The maximum absolute atomic E-state index is 14.7. The number of nitrogens with two attached hydrogens (primary N) is 1. The fourth-order valence-electron chi connectivity index (χ4n) is 4.05. The van der Waals surface area contributed by atoms with Crippen molar-refractivity contribution in [2.24, 2.45) is 0 Å². The number of aliphatic hydroxyl groups is 1. The van der Waals surface area contributed by atoms with Crippen LogP contribution >= 0.6 is 0 Å². The average Bonchev–Trinajstić information content (AvgIpc) is 3.72. The largest absolute Gasteiger partial charge is 0.486 e. The first-order valence-electron chi connectivity index (χ1n) is 12.2. The molecule has 1 aromatic heterocycles. The van der Waals surface area contributed by atoms with Crippen molar-refractivity contribution in [3.8, 4) is 17.0 Å². The molecule has 4 N–H and O–H groups in total. The predicted molar refractivity (Wildman–Crippen MR) is 138 cm³/mol. The van der Waals surface area contributed by atoms with Gasteiger partial charge in [-0.2, -0.15) is 0 Å². The van der Waals surface area contributed by atoms with E-state index in [4.69, 9.17) is 15.6 Å². The van der Waals surface area contributed by atoms with Crippen molar-refractivity contribution in [1.29, 1.82) is 0 Å². The minimum Gasteiger partial charge on any atom is -0.486 e. The molecule has 200 valence electrons. The smallest absolute Gasteiger partial charge is 0.258 e. The van der Waals surface area contributed by atoms with Crippen molar-refractivity contribution in [2.45, 2.75) is 32.1 Å². The van der Waals surface area contributed by atoms with Gasteiger partial charge in [0.05, 0.1) is 18.7 Å². The van der Waals surface area contributed by atoms with Gasteiger partial charge in [0.1, 0.15) is 30.3 Å². The molecule has 1 heterocycles. The number of hydrogen-bond donors (Lipinski definition) is 3. The summed E-state index contributed by atoms with van der Waals surface area (Å²) in [6.07, 6.45) is 3.21. The van der Waals surface area contributed by atoms with Crippen LogP contribution in [0.25, 0.3) is 11.3 Å². The van der Waals surface area contributed by atoms with Crippen LogP contribution in [-0.2, 0) is 4.79 Å². The number of carbonyl (C=O) groups is 2. The van der Waals surface area contributed by atoms with Crippen molar-refractivity contribution in [3.05, 3.63) is 65.0 Å². The first kappa shape index (κ1) is 26.9. The quantitative estimate of drug-likeness (QED) is 0.368. The Labute approximate surface area is 218 Å². The van der Waals surface area contributed by atoms with Crippen LogP contribution in [0.15, 0.2) is 36.7 Å². The number of aromatic nitrogens is 2. The zero-order valence-corrected chi connectivity index (χ0v) is 21.1. The topological polar surface area (TPSA) is 131 Å². The van der Waals surface area contributed by atoms with Crippen LogP contribution in [0.2, 0.25) is 0 Å². The lowest BCUT2D eigenvalue weighted by Gasteiger charge is -2.19. The summed E-state index contributed by atoms with van der Waals surface area (Å²) in [6, 6.07) is 6.91. The van der Waals surface area contributed by atoms with Gasteiger partial charge in [-0.05, 0) is 61.1 Å². The van der Waals surface area contributed by atoms with Gasteiger partial charge in [0.15, 0.2) is 11.6 Å². The van der Waals surface area contributed by atoms with Gasteiger partial charge in [-0.25, -0.2) is 18.7 Å². The highest BCUT2D eigenvalue weighted by atomic mass is 19.1. The highest BCUT2D eigenvalue weighted by molar-refractivity contribution is 6.05. The molecule has 38 heavy (non-hydrogen) atoms. The van der Waals surface area contributed by atoms with Crippen molar-refractivity contribution >= 4 is 23.3 Å². The normalized spacial score (nSPS) is 12.8. The number of halogens is 2.